The van der Waals surface area contributed by atoms with Gasteiger partial charge in [-0.05, 0) is 81.7 Å². The molecule has 2 saturated carbocycles. The number of nitrogens with one attached hydrogen (secondary N) is 1. The molecular formula is C28H34F3N7O. The monoisotopic (exact) mass is 541 g/mol. The third kappa shape index (κ3) is 4.98. The molecular weight excluding hydrogens is 507 g/mol. The molecule has 0 spiro atoms. The molecule has 4 N–H and O–H groups in total. The van der Waals surface area contributed by atoms with Gasteiger partial charge >= 0.3 is 6.18 Å². The summed E-state index contributed by atoms with van der Waals surface area (Å²) in [5, 5.41) is 11.7. The van der Waals surface area contributed by atoms with Crippen LogP contribution in [0.3, 0.4) is 0 Å². The number of aliphatic hydroxyl groups is 1. The molecule has 2 fully saturated rings. The second-order valence-corrected chi connectivity index (χ2v) is 11.5. The van der Waals surface area contributed by atoms with Crippen molar-refractivity contribution in [3.05, 3.63) is 47.7 Å². The van der Waals surface area contributed by atoms with Crippen LogP contribution < -0.4 is 5.73 Å². The summed E-state index contributed by atoms with van der Waals surface area (Å²) in [5.41, 5.74) is 7.35. The molecule has 0 saturated heterocycles. The fourth-order valence-electron chi connectivity index (χ4n) is 6.63. The summed E-state index contributed by atoms with van der Waals surface area (Å²) in [5.74, 6) is 2.17. The molecule has 11 heteroatoms. The Morgan fingerprint density at radius 3 is 2.72 bits per heavy atom. The van der Waals surface area contributed by atoms with E-state index in [4.69, 9.17) is 5.73 Å². The maximum atomic E-state index is 13.2. The Bertz CT molecular complexity index is 1490. The highest BCUT2D eigenvalue weighted by atomic mass is 19.4. The largest absolute Gasteiger partial charge is 0.416 e. The van der Waals surface area contributed by atoms with Gasteiger partial charge < -0.3 is 25.3 Å². The van der Waals surface area contributed by atoms with Crippen LogP contribution in [0, 0.1) is 18.8 Å². The van der Waals surface area contributed by atoms with E-state index in [-0.39, 0.29) is 11.6 Å². The second kappa shape index (κ2) is 9.78. The Kier molecular flexibility index (Phi) is 6.53. The summed E-state index contributed by atoms with van der Waals surface area (Å²) in [4.78, 5) is 18.5. The number of rotatable bonds is 7. The molecule has 208 valence electrons. The number of benzene rings is 1. The number of nitrogens with two attached hydrogens (primary N) is 1. The topological polar surface area (TPSA) is 109 Å². The molecule has 3 atom stereocenters. The van der Waals surface area contributed by atoms with Gasteiger partial charge in [0.15, 0.2) is 0 Å². The summed E-state index contributed by atoms with van der Waals surface area (Å²) >= 11 is 0. The minimum absolute atomic E-state index is 0.0239. The van der Waals surface area contributed by atoms with Gasteiger partial charge in [0.2, 0.25) is 0 Å². The first-order valence-corrected chi connectivity index (χ1v) is 13.6. The van der Waals surface area contributed by atoms with Crippen LogP contribution >= 0.6 is 0 Å². The van der Waals surface area contributed by atoms with Gasteiger partial charge in [-0.25, -0.2) is 15.0 Å². The normalized spacial score (nSPS) is 25.7. The summed E-state index contributed by atoms with van der Waals surface area (Å²) in [7, 11) is 2.17. The van der Waals surface area contributed by atoms with Crippen molar-refractivity contribution in [3.63, 3.8) is 0 Å². The van der Waals surface area contributed by atoms with Crippen molar-refractivity contribution < 1.29 is 18.3 Å². The number of hydrogen-bond donors (Lipinski definition) is 3. The smallest absolute Gasteiger partial charge is 0.391 e. The number of nitrogen functional groups attached to an aromatic ring is 1. The van der Waals surface area contributed by atoms with Crippen LogP contribution in [0.1, 0.15) is 55.1 Å². The molecule has 0 unspecified atom stereocenters. The average molecular weight is 542 g/mol. The van der Waals surface area contributed by atoms with Crippen molar-refractivity contribution in [2.75, 3.05) is 19.3 Å². The number of nitrogens with zero attached hydrogens (tertiary/aromatic N) is 5. The molecule has 8 nitrogen and oxygen atoms in total. The number of aromatic nitrogens is 5. The third-order valence-corrected chi connectivity index (χ3v) is 8.84. The van der Waals surface area contributed by atoms with Gasteiger partial charge in [0.05, 0.1) is 34.1 Å². The van der Waals surface area contributed by atoms with E-state index in [1.807, 2.05) is 16.8 Å². The van der Waals surface area contributed by atoms with Crippen LogP contribution in [0.2, 0.25) is 0 Å². The van der Waals surface area contributed by atoms with E-state index in [0.717, 1.165) is 68.0 Å². The van der Waals surface area contributed by atoms with Crippen molar-refractivity contribution >= 4 is 27.9 Å². The average Bonchev–Trinajstić information content (AvgIpc) is 3.53. The van der Waals surface area contributed by atoms with Gasteiger partial charge in [-0.2, -0.15) is 13.2 Å². The van der Waals surface area contributed by atoms with E-state index in [1.165, 1.54) is 19.3 Å². The van der Waals surface area contributed by atoms with E-state index in [2.05, 4.69) is 31.9 Å². The fraction of sp³-hybridized carbons (Fsp3) is 0.536. The molecule has 1 aromatic carbocycles. The lowest BCUT2D eigenvalue weighted by atomic mass is 9.76. The Morgan fingerprint density at radius 2 is 1.95 bits per heavy atom. The predicted molar refractivity (Wildman–Crippen MR) is 143 cm³/mol. The molecule has 39 heavy (non-hydrogen) atoms. The summed E-state index contributed by atoms with van der Waals surface area (Å²) in [6.07, 6.45) is 4.15. The van der Waals surface area contributed by atoms with Crippen LogP contribution in [0.25, 0.3) is 22.1 Å². The highest BCUT2D eigenvalue weighted by molar-refractivity contribution is 5.86. The van der Waals surface area contributed by atoms with Crippen LogP contribution in [-0.2, 0) is 12.6 Å². The van der Waals surface area contributed by atoms with Gasteiger partial charge in [-0.15, -0.1) is 0 Å². The number of halogens is 3. The molecule has 3 heterocycles. The van der Waals surface area contributed by atoms with Crippen molar-refractivity contribution in [2.45, 2.75) is 69.8 Å². The van der Waals surface area contributed by atoms with Crippen molar-refractivity contribution in [2.24, 2.45) is 11.8 Å². The zero-order chi connectivity index (χ0) is 27.5. The lowest BCUT2D eigenvalue weighted by Crippen LogP contribution is -2.44. The summed E-state index contributed by atoms with van der Waals surface area (Å²) in [6, 6.07) is 5.08. The zero-order valence-electron chi connectivity index (χ0n) is 22.1. The Hall–Kier alpha value is -3.18. The highest BCUT2D eigenvalue weighted by Crippen LogP contribution is 2.40. The molecule has 4 aromatic rings. The van der Waals surface area contributed by atoms with Crippen molar-refractivity contribution in [1.82, 2.24) is 29.4 Å². The van der Waals surface area contributed by atoms with Gasteiger partial charge in [0.25, 0.3) is 0 Å². The highest BCUT2D eigenvalue weighted by Gasteiger charge is 2.38. The Labute approximate surface area is 224 Å². The number of aryl methyl sites for hydroxylation is 2. The molecule has 0 amide bonds. The molecule has 0 radical (unpaired) electrons. The number of anilines is 1. The van der Waals surface area contributed by atoms with Crippen LogP contribution in [0.4, 0.5) is 19.0 Å². The first-order chi connectivity index (χ1) is 18.6. The minimum Gasteiger partial charge on any atom is -0.391 e. The number of imidazole rings is 1. The maximum absolute atomic E-state index is 13.2. The summed E-state index contributed by atoms with van der Waals surface area (Å²) in [6.45, 7) is 2.42. The predicted octanol–water partition coefficient (Wildman–Crippen LogP) is 4.87. The Morgan fingerprint density at radius 1 is 1.15 bits per heavy atom. The van der Waals surface area contributed by atoms with Crippen molar-refractivity contribution in [1.29, 1.82) is 0 Å². The first-order valence-electron chi connectivity index (χ1n) is 13.6. The number of aliphatic hydroxyl groups excluding tert-OH is 1. The van der Waals surface area contributed by atoms with Crippen LogP contribution in [0.15, 0.2) is 30.7 Å². The first kappa shape index (κ1) is 26.1. The number of fused-ring (bicyclic) bond motifs is 2. The molecule has 2 aliphatic carbocycles. The summed E-state index contributed by atoms with van der Waals surface area (Å²) < 4.78 is 41.7. The minimum atomic E-state index is -4.37. The second-order valence-electron chi connectivity index (χ2n) is 11.5. The third-order valence-electron chi connectivity index (χ3n) is 8.84. The van der Waals surface area contributed by atoms with E-state index in [0.29, 0.717) is 34.7 Å². The van der Waals surface area contributed by atoms with Gasteiger partial charge in [0, 0.05) is 25.2 Å². The number of alkyl halides is 3. The molecule has 0 aliphatic heterocycles. The molecule has 0 bridgehead atoms. The van der Waals surface area contributed by atoms with Crippen molar-refractivity contribution in [3.8, 4) is 0 Å². The van der Waals surface area contributed by atoms with Gasteiger partial charge in [0.1, 0.15) is 23.6 Å². The molecule has 6 rings (SSSR count). The zero-order valence-corrected chi connectivity index (χ0v) is 22.1. The molecule has 2 aliphatic rings. The van der Waals surface area contributed by atoms with Crippen LogP contribution in [0.5, 0.6) is 0 Å². The lowest BCUT2D eigenvalue weighted by molar-refractivity contribution is -0.137. The number of hydrogen-bond acceptors (Lipinski definition) is 6. The lowest BCUT2D eigenvalue weighted by Gasteiger charge is -2.42. The van der Waals surface area contributed by atoms with Gasteiger partial charge in [-0.1, -0.05) is 0 Å². The molecule has 3 aromatic heterocycles. The quantitative estimate of drug-likeness (QED) is 0.308. The SMILES string of the molecule is Cc1cc2[nH]c(CCC3CC(N(C)C[C@@H]4C[C@@H](O)[C@H](n5ccc6c(N)ncnc65)C4)C3)nc2cc1C(F)(F)F. The number of H-pyrrole nitrogens is 1. The standard InChI is InChI=1S/C28H34F3N7O/c1-15-7-21-22(12-20(15)28(29,30)31)36-25(35-21)4-3-16-8-18(9-16)37(2)13-17-10-23(24(39)11-17)38-6-5-19-26(32)33-14-34-27(19)38/h5-7,12,14,16-18,23-24,39H,3-4,8-11,13H2,1-2H3,(H,35,36)(H2,32,33,34)/t16?,17-,18?,23+,24+/m0/s1. The van der Waals surface area contributed by atoms with E-state index >= 15 is 0 Å². The Balaban J connectivity index is 0.998. The van der Waals surface area contributed by atoms with E-state index in [9.17, 15) is 18.3 Å². The van der Waals surface area contributed by atoms with E-state index < -0.39 is 17.8 Å². The fourth-order valence-corrected chi connectivity index (χ4v) is 6.63. The maximum Gasteiger partial charge on any atom is 0.416 e. The van der Waals surface area contributed by atoms with E-state index in [1.54, 1.807) is 0 Å². The number of aromatic amines is 1. The van der Waals surface area contributed by atoms with Crippen LogP contribution in [-0.4, -0.2) is 60.2 Å². The van der Waals surface area contributed by atoms with Gasteiger partial charge in [-0.3, -0.25) is 0 Å².